The highest BCUT2D eigenvalue weighted by Crippen LogP contribution is 2.21. The summed E-state index contributed by atoms with van der Waals surface area (Å²) in [7, 11) is 0. The summed E-state index contributed by atoms with van der Waals surface area (Å²) in [6.45, 7) is 7.20. The Labute approximate surface area is 168 Å². The lowest BCUT2D eigenvalue weighted by Crippen LogP contribution is -2.22. The number of rotatable bonds is 13. The standard InChI is InChI=1S/C19H36N6O3/c1-15(2)28-19-24-17(21-10-12-27-14-13-26-11-9-20)23-18(25-19)22-16-7-5-3-4-6-8-16/h15-16H,3-14,20H2,1-2H3,(H2,21,22,23,24,25). The zero-order valence-electron chi connectivity index (χ0n) is 17.3. The number of hydrogen-bond acceptors (Lipinski definition) is 9. The van der Waals surface area contributed by atoms with Crippen molar-refractivity contribution < 1.29 is 14.2 Å². The Hall–Kier alpha value is -1.71. The number of nitrogens with two attached hydrogens (primary N) is 1. The molecule has 1 aliphatic carbocycles. The molecule has 1 heterocycles. The van der Waals surface area contributed by atoms with Gasteiger partial charge in [-0.3, -0.25) is 0 Å². The van der Waals surface area contributed by atoms with E-state index < -0.39 is 0 Å². The number of aromatic nitrogens is 3. The first-order chi connectivity index (χ1) is 13.7. The van der Waals surface area contributed by atoms with E-state index in [1.807, 2.05) is 13.8 Å². The molecule has 0 amide bonds. The third-order valence-electron chi connectivity index (χ3n) is 4.31. The van der Waals surface area contributed by atoms with Crippen molar-refractivity contribution in [2.45, 2.75) is 64.5 Å². The number of nitrogens with one attached hydrogen (secondary N) is 2. The molecule has 160 valence electrons. The van der Waals surface area contributed by atoms with Crippen LogP contribution in [0, 0.1) is 0 Å². The summed E-state index contributed by atoms with van der Waals surface area (Å²) in [5.74, 6) is 1.06. The zero-order valence-corrected chi connectivity index (χ0v) is 17.3. The predicted molar refractivity (Wildman–Crippen MR) is 110 cm³/mol. The first kappa shape index (κ1) is 22.6. The predicted octanol–water partition coefficient (Wildman–Crippen LogP) is 2.20. The van der Waals surface area contributed by atoms with Crippen molar-refractivity contribution in [3.05, 3.63) is 0 Å². The van der Waals surface area contributed by atoms with Crippen LogP contribution >= 0.6 is 0 Å². The lowest BCUT2D eigenvalue weighted by atomic mass is 10.1. The molecule has 0 aliphatic heterocycles. The molecule has 0 atom stereocenters. The van der Waals surface area contributed by atoms with Gasteiger partial charge in [0.25, 0.3) is 0 Å². The van der Waals surface area contributed by atoms with Gasteiger partial charge in [0.05, 0.1) is 32.5 Å². The van der Waals surface area contributed by atoms with Crippen LogP contribution in [0.5, 0.6) is 6.01 Å². The van der Waals surface area contributed by atoms with Gasteiger partial charge in [-0.1, -0.05) is 25.7 Å². The van der Waals surface area contributed by atoms with Gasteiger partial charge in [0.15, 0.2) is 0 Å². The van der Waals surface area contributed by atoms with E-state index in [-0.39, 0.29) is 6.10 Å². The fraction of sp³-hybridized carbons (Fsp3) is 0.842. The van der Waals surface area contributed by atoms with Crippen LogP contribution in [0.4, 0.5) is 11.9 Å². The summed E-state index contributed by atoms with van der Waals surface area (Å²) in [5, 5.41) is 6.65. The normalized spacial score (nSPS) is 15.4. The number of anilines is 2. The van der Waals surface area contributed by atoms with Crippen molar-refractivity contribution in [3.8, 4) is 6.01 Å². The zero-order chi connectivity index (χ0) is 20.0. The molecule has 9 nitrogen and oxygen atoms in total. The Morgan fingerprint density at radius 2 is 1.61 bits per heavy atom. The summed E-state index contributed by atoms with van der Waals surface area (Å²) < 4.78 is 16.5. The topological polar surface area (TPSA) is 116 Å². The minimum Gasteiger partial charge on any atom is -0.461 e. The van der Waals surface area contributed by atoms with E-state index in [9.17, 15) is 0 Å². The Balaban J connectivity index is 1.85. The molecule has 0 radical (unpaired) electrons. The van der Waals surface area contributed by atoms with Gasteiger partial charge in [-0.2, -0.15) is 15.0 Å². The monoisotopic (exact) mass is 396 g/mol. The number of hydrogen-bond donors (Lipinski definition) is 3. The summed E-state index contributed by atoms with van der Waals surface area (Å²) >= 11 is 0. The molecule has 28 heavy (non-hydrogen) atoms. The van der Waals surface area contributed by atoms with E-state index in [2.05, 4.69) is 25.6 Å². The smallest absolute Gasteiger partial charge is 0.323 e. The second-order valence-corrected chi connectivity index (χ2v) is 7.20. The lowest BCUT2D eigenvalue weighted by Gasteiger charge is -2.17. The van der Waals surface area contributed by atoms with E-state index in [0.29, 0.717) is 63.5 Å². The first-order valence-electron chi connectivity index (χ1n) is 10.5. The SMILES string of the molecule is CC(C)Oc1nc(NCCOCCOCCN)nc(NC2CCCCCC2)n1. The average Bonchev–Trinajstić information content (AvgIpc) is 2.92. The molecule has 1 aromatic heterocycles. The quantitative estimate of drug-likeness (QED) is 0.341. The average molecular weight is 397 g/mol. The van der Waals surface area contributed by atoms with Crippen LogP contribution in [0.2, 0.25) is 0 Å². The van der Waals surface area contributed by atoms with Crippen LogP contribution in [0.15, 0.2) is 0 Å². The van der Waals surface area contributed by atoms with Crippen molar-refractivity contribution in [3.63, 3.8) is 0 Å². The molecule has 1 fully saturated rings. The fourth-order valence-corrected chi connectivity index (χ4v) is 3.01. The van der Waals surface area contributed by atoms with E-state index in [1.165, 1.54) is 25.7 Å². The molecular formula is C19H36N6O3. The maximum Gasteiger partial charge on any atom is 0.323 e. The summed E-state index contributed by atoms with van der Waals surface area (Å²) in [6, 6.07) is 0.737. The largest absolute Gasteiger partial charge is 0.461 e. The minimum absolute atomic E-state index is 0.00200. The van der Waals surface area contributed by atoms with Crippen LogP contribution in [0.1, 0.15) is 52.4 Å². The Morgan fingerprint density at radius 3 is 2.29 bits per heavy atom. The molecule has 1 saturated carbocycles. The van der Waals surface area contributed by atoms with Crippen molar-refractivity contribution in [2.24, 2.45) is 5.73 Å². The molecule has 0 aromatic carbocycles. The second-order valence-electron chi connectivity index (χ2n) is 7.20. The minimum atomic E-state index is -0.00200. The van der Waals surface area contributed by atoms with E-state index in [1.54, 1.807) is 0 Å². The molecule has 0 unspecified atom stereocenters. The Morgan fingerprint density at radius 1 is 0.929 bits per heavy atom. The highest BCUT2D eigenvalue weighted by atomic mass is 16.5. The number of nitrogens with zero attached hydrogens (tertiary/aromatic N) is 3. The highest BCUT2D eigenvalue weighted by Gasteiger charge is 2.15. The van der Waals surface area contributed by atoms with Crippen molar-refractivity contribution >= 4 is 11.9 Å². The maximum atomic E-state index is 5.69. The van der Waals surface area contributed by atoms with Gasteiger partial charge >= 0.3 is 6.01 Å². The van der Waals surface area contributed by atoms with Crippen LogP contribution in [-0.2, 0) is 9.47 Å². The van der Waals surface area contributed by atoms with Gasteiger partial charge in [0, 0.05) is 19.1 Å². The molecule has 0 spiro atoms. The van der Waals surface area contributed by atoms with Crippen LogP contribution in [-0.4, -0.2) is 66.6 Å². The molecule has 4 N–H and O–H groups in total. The van der Waals surface area contributed by atoms with Gasteiger partial charge in [-0.05, 0) is 26.7 Å². The first-order valence-corrected chi connectivity index (χ1v) is 10.5. The van der Waals surface area contributed by atoms with Crippen LogP contribution in [0.3, 0.4) is 0 Å². The molecule has 9 heteroatoms. The fourth-order valence-electron chi connectivity index (χ4n) is 3.01. The number of ether oxygens (including phenoxy) is 3. The second kappa shape index (κ2) is 13.5. The van der Waals surface area contributed by atoms with E-state index in [4.69, 9.17) is 19.9 Å². The van der Waals surface area contributed by atoms with Gasteiger partial charge in [0.2, 0.25) is 11.9 Å². The van der Waals surface area contributed by atoms with Gasteiger partial charge in [-0.25, -0.2) is 0 Å². The van der Waals surface area contributed by atoms with Gasteiger partial charge in [0.1, 0.15) is 0 Å². The van der Waals surface area contributed by atoms with Crippen molar-refractivity contribution in [1.82, 2.24) is 15.0 Å². The van der Waals surface area contributed by atoms with E-state index >= 15 is 0 Å². The lowest BCUT2D eigenvalue weighted by molar-refractivity contribution is 0.0547. The third kappa shape index (κ3) is 9.48. The molecule has 0 saturated heterocycles. The highest BCUT2D eigenvalue weighted by molar-refractivity contribution is 5.36. The molecule has 2 rings (SSSR count). The summed E-state index contributed by atoms with van der Waals surface area (Å²) in [4.78, 5) is 13.3. The van der Waals surface area contributed by atoms with Crippen molar-refractivity contribution in [1.29, 1.82) is 0 Å². The third-order valence-corrected chi connectivity index (χ3v) is 4.31. The van der Waals surface area contributed by atoms with Crippen molar-refractivity contribution in [2.75, 3.05) is 50.2 Å². The summed E-state index contributed by atoms with van der Waals surface area (Å²) in [6.07, 6.45) is 7.40. The van der Waals surface area contributed by atoms with Gasteiger partial charge in [-0.15, -0.1) is 0 Å². The molecule has 1 aromatic rings. The maximum absolute atomic E-state index is 5.69. The molecular weight excluding hydrogens is 360 g/mol. The molecule has 1 aliphatic rings. The van der Waals surface area contributed by atoms with E-state index in [0.717, 1.165) is 12.8 Å². The van der Waals surface area contributed by atoms with Crippen LogP contribution < -0.4 is 21.1 Å². The summed E-state index contributed by atoms with van der Waals surface area (Å²) in [5.41, 5.74) is 5.37. The Kier molecular flexibility index (Phi) is 10.9. The molecule has 0 bridgehead atoms. The van der Waals surface area contributed by atoms with Crippen LogP contribution in [0.25, 0.3) is 0 Å². The Bertz CT molecular complexity index is 538. The van der Waals surface area contributed by atoms with Gasteiger partial charge < -0.3 is 30.6 Å².